The quantitative estimate of drug-likeness (QED) is 0.576. The van der Waals surface area contributed by atoms with E-state index in [1.807, 2.05) is 18.2 Å². The van der Waals surface area contributed by atoms with Crippen LogP contribution in [0.1, 0.15) is 24.8 Å². The molecule has 1 heterocycles. The largest absolute Gasteiger partial charge is 0.496 e. The number of hydrogen-bond donors (Lipinski definition) is 1. The van der Waals surface area contributed by atoms with Gasteiger partial charge in [0, 0.05) is 41.5 Å². The summed E-state index contributed by atoms with van der Waals surface area (Å²) in [6.07, 6.45) is 1.97. The Morgan fingerprint density at radius 3 is 2.47 bits per heavy atom. The summed E-state index contributed by atoms with van der Waals surface area (Å²) in [5.74, 6) is 0.665. The fraction of sp³-hybridized carbons (Fsp3) is 0.348. The lowest BCUT2D eigenvalue weighted by molar-refractivity contribution is -0.132. The zero-order valence-corrected chi connectivity index (χ0v) is 20.1. The molecule has 9 heteroatoms. The fourth-order valence-corrected chi connectivity index (χ4v) is 4.95. The van der Waals surface area contributed by atoms with E-state index in [1.54, 1.807) is 30.2 Å². The smallest absolute Gasteiger partial charge is 0.233 e. The third-order valence-corrected chi connectivity index (χ3v) is 7.20. The molecule has 1 saturated heterocycles. The van der Waals surface area contributed by atoms with Crippen LogP contribution in [0.25, 0.3) is 11.1 Å². The topological polar surface area (TPSA) is 75.7 Å². The van der Waals surface area contributed by atoms with Crippen LogP contribution in [0, 0.1) is 0 Å². The predicted molar refractivity (Wildman–Crippen MR) is 129 cm³/mol. The lowest BCUT2D eigenvalue weighted by Crippen LogP contribution is -2.46. The maximum Gasteiger partial charge on any atom is 0.233 e. The number of halogens is 2. The summed E-state index contributed by atoms with van der Waals surface area (Å²) in [6, 6.07) is 10.9. The van der Waals surface area contributed by atoms with Gasteiger partial charge in [0.2, 0.25) is 15.9 Å². The van der Waals surface area contributed by atoms with Gasteiger partial charge in [0.1, 0.15) is 5.75 Å². The van der Waals surface area contributed by atoms with Crippen molar-refractivity contribution >= 4 is 39.1 Å². The van der Waals surface area contributed by atoms with Gasteiger partial charge in [-0.1, -0.05) is 41.9 Å². The summed E-state index contributed by atoms with van der Waals surface area (Å²) >= 11 is 12.5. The van der Waals surface area contributed by atoms with E-state index in [0.29, 0.717) is 54.6 Å². The average Bonchev–Trinajstić information content (AvgIpc) is 2.78. The Morgan fingerprint density at radius 1 is 1.22 bits per heavy atom. The van der Waals surface area contributed by atoms with E-state index in [1.165, 1.54) is 0 Å². The molecule has 1 aliphatic rings. The molecule has 6 nitrogen and oxygen atoms in total. The number of nitrogens with zero attached hydrogens (tertiary/aromatic N) is 1. The van der Waals surface area contributed by atoms with Crippen LogP contribution in [0.4, 0.5) is 0 Å². The Labute approximate surface area is 199 Å². The minimum absolute atomic E-state index is 0.0278. The first-order valence-electron chi connectivity index (χ1n) is 10.3. The highest BCUT2D eigenvalue weighted by Crippen LogP contribution is 2.35. The molecule has 32 heavy (non-hydrogen) atoms. The number of amides is 1. The number of nitrogens with one attached hydrogen (secondary N) is 1. The average molecular weight is 497 g/mol. The van der Waals surface area contributed by atoms with Gasteiger partial charge < -0.3 is 9.64 Å². The number of benzene rings is 2. The van der Waals surface area contributed by atoms with Gasteiger partial charge in [0.25, 0.3) is 0 Å². The summed E-state index contributed by atoms with van der Waals surface area (Å²) in [4.78, 5) is 14.5. The van der Waals surface area contributed by atoms with Gasteiger partial charge in [-0.3, -0.25) is 4.79 Å². The molecule has 0 aromatic heterocycles. The number of methoxy groups -OCH3 is 1. The molecule has 0 spiro atoms. The Morgan fingerprint density at radius 2 is 1.88 bits per heavy atom. The second-order valence-corrected chi connectivity index (χ2v) is 10.1. The number of rotatable bonds is 8. The molecule has 2 aromatic carbocycles. The number of aryl methyl sites for hydroxylation is 1. The Kier molecular flexibility index (Phi) is 8.22. The third kappa shape index (κ3) is 6.25. The number of likely N-dealkylation sites (tertiary alicyclic amines) is 1. The summed E-state index contributed by atoms with van der Waals surface area (Å²) in [7, 11) is -1.89. The minimum atomic E-state index is -3.47. The highest BCUT2D eigenvalue weighted by atomic mass is 35.5. The van der Waals surface area contributed by atoms with Gasteiger partial charge in [0.15, 0.2) is 0 Å². The van der Waals surface area contributed by atoms with Crippen molar-refractivity contribution in [1.82, 2.24) is 9.62 Å². The Bertz CT molecular complexity index is 1080. The summed E-state index contributed by atoms with van der Waals surface area (Å²) < 4.78 is 31.3. The molecule has 0 radical (unpaired) electrons. The third-order valence-electron chi connectivity index (χ3n) is 5.53. The van der Waals surface area contributed by atoms with Crippen molar-refractivity contribution < 1.29 is 17.9 Å². The van der Waals surface area contributed by atoms with Crippen molar-refractivity contribution in [3.63, 3.8) is 0 Å². The van der Waals surface area contributed by atoms with Crippen LogP contribution in [-0.4, -0.2) is 45.5 Å². The zero-order valence-electron chi connectivity index (χ0n) is 17.8. The molecule has 0 bridgehead atoms. The predicted octanol–water partition coefficient (Wildman–Crippen LogP) is 4.66. The maximum atomic E-state index is 12.8. The maximum absolute atomic E-state index is 12.8. The number of carbonyl (C=O) groups excluding carboxylic acids is 1. The van der Waals surface area contributed by atoms with Gasteiger partial charge in [0.05, 0.1) is 12.1 Å². The first kappa shape index (κ1) is 24.6. The lowest BCUT2D eigenvalue weighted by atomic mass is 9.99. The van der Waals surface area contributed by atoms with Crippen molar-refractivity contribution in [2.45, 2.75) is 31.7 Å². The highest BCUT2D eigenvalue weighted by molar-refractivity contribution is 7.92. The van der Waals surface area contributed by atoms with Crippen LogP contribution in [0.3, 0.4) is 0 Å². The van der Waals surface area contributed by atoms with E-state index in [4.69, 9.17) is 27.9 Å². The standard InChI is InChI=1S/C23H26Cl2N2O4S/c1-3-32(29,30)26-19-10-12-27(13-11-19)23(28)9-6-17-14-20(21(25)15-22(17)31-2)16-4-7-18(24)8-5-16/h3-5,7-8,14-15,19,26H,1,6,9-13H2,2H3. The Hall–Kier alpha value is -2.06. The monoisotopic (exact) mass is 496 g/mol. The van der Waals surface area contributed by atoms with Crippen LogP contribution < -0.4 is 9.46 Å². The summed E-state index contributed by atoms with van der Waals surface area (Å²) in [5.41, 5.74) is 2.67. The summed E-state index contributed by atoms with van der Waals surface area (Å²) in [6.45, 7) is 4.33. The van der Waals surface area contributed by atoms with E-state index < -0.39 is 10.0 Å². The van der Waals surface area contributed by atoms with Crippen molar-refractivity contribution in [3.05, 3.63) is 64.0 Å². The molecule has 172 valence electrons. The number of hydrogen-bond acceptors (Lipinski definition) is 4. The molecule has 0 saturated carbocycles. The van der Waals surface area contributed by atoms with E-state index in [0.717, 1.165) is 22.1 Å². The van der Waals surface area contributed by atoms with Gasteiger partial charge in [-0.15, -0.1) is 0 Å². The SMILES string of the molecule is C=CS(=O)(=O)NC1CCN(C(=O)CCc2cc(-c3ccc(Cl)cc3)c(Cl)cc2OC)CC1. The number of ether oxygens (including phenoxy) is 1. The second-order valence-electron chi connectivity index (χ2n) is 7.64. The van der Waals surface area contributed by atoms with Gasteiger partial charge in [-0.2, -0.15) is 0 Å². The van der Waals surface area contributed by atoms with Crippen molar-refractivity contribution in [3.8, 4) is 16.9 Å². The van der Waals surface area contributed by atoms with Crippen molar-refractivity contribution in [2.24, 2.45) is 0 Å². The molecular weight excluding hydrogens is 471 g/mol. The zero-order chi connectivity index (χ0) is 23.3. The van der Waals surface area contributed by atoms with Gasteiger partial charge in [-0.25, -0.2) is 13.1 Å². The van der Waals surface area contributed by atoms with Crippen LogP contribution >= 0.6 is 23.2 Å². The lowest BCUT2D eigenvalue weighted by Gasteiger charge is -2.32. The van der Waals surface area contributed by atoms with Gasteiger partial charge >= 0.3 is 0 Å². The second kappa shape index (κ2) is 10.7. The molecule has 1 aliphatic heterocycles. The van der Waals surface area contributed by atoms with Crippen LogP contribution in [0.15, 0.2) is 48.4 Å². The van der Waals surface area contributed by atoms with Crippen LogP contribution in [0.5, 0.6) is 5.75 Å². The first-order valence-corrected chi connectivity index (χ1v) is 12.6. The number of carbonyl (C=O) groups is 1. The molecule has 0 atom stereocenters. The molecular formula is C23H26Cl2N2O4S. The highest BCUT2D eigenvalue weighted by Gasteiger charge is 2.25. The Balaban J connectivity index is 1.65. The van der Waals surface area contributed by atoms with E-state index in [-0.39, 0.29) is 11.9 Å². The molecule has 2 aromatic rings. The fourth-order valence-electron chi connectivity index (χ4n) is 3.76. The van der Waals surface area contributed by atoms with E-state index in [9.17, 15) is 13.2 Å². The van der Waals surface area contributed by atoms with Crippen LogP contribution in [0.2, 0.25) is 10.0 Å². The number of sulfonamides is 1. The minimum Gasteiger partial charge on any atom is -0.496 e. The molecule has 1 fully saturated rings. The molecule has 1 amide bonds. The van der Waals surface area contributed by atoms with Crippen molar-refractivity contribution in [2.75, 3.05) is 20.2 Å². The van der Waals surface area contributed by atoms with Crippen molar-refractivity contribution in [1.29, 1.82) is 0 Å². The number of piperidine rings is 1. The first-order chi connectivity index (χ1) is 15.2. The van der Waals surface area contributed by atoms with E-state index >= 15 is 0 Å². The molecule has 1 N–H and O–H groups in total. The molecule has 0 aliphatic carbocycles. The van der Waals surface area contributed by atoms with Crippen LogP contribution in [-0.2, 0) is 21.2 Å². The normalized spacial score (nSPS) is 14.9. The molecule has 0 unspecified atom stereocenters. The summed E-state index contributed by atoms with van der Waals surface area (Å²) in [5, 5.41) is 2.11. The van der Waals surface area contributed by atoms with Gasteiger partial charge in [-0.05, 0) is 54.7 Å². The molecule has 3 rings (SSSR count). The van der Waals surface area contributed by atoms with E-state index in [2.05, 4.69) is 11.3 Å².